The van der Waals surface area contributed by atoms with Crippen molar-refractivity contribution < 1.29 is 14.3 Å². The molecule has 2 aromatic rings. The molecule has 0 atom stereocenters. The number of nitrogens with one attached hydrogen (secondary N) is 2. The fourth-order valence-electron chi connectivity index (χ4n) is 3.05. The number of aromatic nitrogens is 1. The van der Waals surface area contributed by atoms with Crippen molar-refractivity contribution in [3.05, 3.63) is 34.4 Å². The summed E-state index contributed by atoms with van der Waals surface area (Å²) in [6.45, 7) is 3.99. The molecule has 1 saturated heterocycles. The van der Waals surface area contributed by atoms with Gasteiger partial charge in [0.15, 0.2) is 0 Å². The Hall–Kier alpha value is -1.90. The highest BCUT2D eigenvalue weighted by Crippen LogP contribution is 2.21. The van der Waals surface area contributed by atoms with Gasteiger partial charge in [-0.1, -0.05) is 15.9 Å². The van der Waals surface area contributed by atoms with Gasteiger partial charge in [0.1, 0.15) is 5.69 Å². The maximum absolute atomic E-state index is 12.7. The molecule has 2 N–H and O–H groups in total. The number of ether oxygens (including phenoxy) is 1. The molecule has 140 valence electrons. The van der Waals surface area contributed by atoms with Gasteiger partial charge in [0.25, 0.3) is 5.91 Å². The molecule has 2 heterocycles. The number of amides is 2. The van der Waals surface area contributed by atoms with Gasteiger partial charge in [-0.25, -0.2) is 0 Å². The predicted molar refractivity (Wildman–Crippen MR) is 103 cm³/mol. The number of nitrogens with zero attached hydrogens (tertiary/aromatic N) is 2. The summed E-state index contributed by atoms with van der Waals surface area (Å²) < 4.78 is 5.90. The van der Waals surface area contributed by atoms with E-state index in [1.165, 1.54) is 0 Å². The molecule has 2 amide bonds. The van der Waals surface area contributed by atoms with Crippen LogP contribution in [0.4, 0.5) is 0 Å². The van der Waals surface area contributed by atoms with E-state index in [1.54, 1.807) is 7.11 Å². The average Bonchev–Trinajstić information content (AvgIpc) is 3.05. The zero-order valence-corrected chi connectivity index (χ0v) is 16.3. The first-order chi connectivity index (χ1) is 12.6. The highest BCUT2D eigenvalue weighted by molar-refractivity contribution is 9.10. The summed E-state index contributed by atoms with van der Waals surface area (Å²) in [7, 11) is 1.61. The van der Waals surface area contributed by atoms with Crippen LogP contribution in [0.3, 0.4) is 0 Å². The van der Waals surface area contributed by atoms with Crippen LogP contribution in [-0.4, -0.2) is 79.6 Å². The van der Waals surface area contributed by atoms with Crippen LogP contribution in [0.1, 0.15) is 10.5 Å². The Morgan fingerprint density at radius 2 is 2.00 bits per heavy atom. The zero-order chi connectivity index (χ0) is 18.5. The molecule has 1 aromatic heterocycles. The Morgan fingerprint density at radius 1 is 1.23 bits per heavy atom. The van der Waals surface area contributed by atoms with Crippen LogP contribution in [0.2, 0.25) is 0 Å². The Morgan fingerprint density at radius 3 is 2.73 bits per heavy atom. The van der Waals surface area contributed by atoms with E-state index >= 15 is 0 Å². The highest BCUT2D eigenvalue weighted by atomic mass is 79.9. The van der Waals surface area contributed by atoms with Crippen molar-refractivity contribution in [2.45, 2.75) is 0 Å². The first kappa shape index (κ1) is 18.9. The third kappa shape index (κ3) is 4.63. The zero-order valence-electron chi connectivity index (χ0n) is 14.8. The first-order valence-corrected chi connectivity index (χ1v) is 9.41. The van der Waals surface area contributed by atoms with Crippen LogP contribution in [0, 0.1) is 0 Å². The smallest absolute Gasteiger partial charge is 0.270 e. The number of carbonyl (C=O) groups is 2. The maximum atomic E-state index is 12.7. The number of aromatic amines is 1. The topological polar surface area (TPSA) is 77.7 Å². The lowest BCUT2D eigenvalue weighted by atomic mass is 10.2. The van der Waals surface area contributed by atoms with Gasteiger partial charge < -0.3 is 19.9 Å². The molecule has 1 aromatic carbocycles. The molecule has 26 heavy (non-hydrogen) atoms. The van der Waals surface area contributed by atoms with Gasteiger partial charge >= 0.3 is 0 Å². The number of hydrogen-bond acceptors (Lipinski definition) is 4. The molecule has 1 fully saturated rings. The molecule has 1 aliphatic rings. The van der Waals surface area contributed by atoms with Crippen LogP contribution >= 0.6 is 15.9 Å². The van der Waals surface area contributed by atoms with E-state index < -0.39 is 0 Å². The third-order valence-electron chi connectivity index (χ3n) is 4.47. The van der Waals surface area contributed by atoms with E-state index in [-0.39, 0.29) is 11.8 Å². The van der Waals surface area contributed by atoms with Crippen molar-refractivity contribution in [2.24, 2.45) is 0 Å². The van der Waals surface area contributed by atoms with Gasteiger partial charge in [-0.15, -0.1) is 0 Å². The fourth-order valence-corrected chi connectivity index (χ4v) is 3.43. The van der Waals surface area contributed by atoms with E-state index in [0.717, 1.165) is 15.4 Å². The highest BCUT2D eigenvalue weighted by Gasteiger charge is 2.24. The summed E-state index contributed by atoms with van der Waals surface area (Å²) in [5, 5.41) is 3.82. The number of methoxy groups -OCH3 is 1. The Balaban J connectivity index is 1.52. The van der Waals surface area contributed by atoms with Crippen molar-refractivity contribution in [1.29, 1.82) is 0 Å². The van der Waals surface area contributed by atoms with Crippen molar-refractivity contribution in [3.63, 3.8) is 0 Å². The minimum atomic E-state index is -0.0111. The molecular weight excluding hydrogens is 400 g/mol. The van der Waals surface area contributed by atoms with E-state index in [4.69, 9.17) is 4.74 Å². The second-order valence-corrected chi connectivity index (χ2v) is 7.24. The Bertz CT molecular complexity index is 784. The summed E-state index contributed by atoms with van der Waals surface area (Å²) in [5.74, 6) is -0.00969. The SMILES string of the molecule is COCCNC(=O)CN1CCN(C(=O)c2cc3cc(Br)ccc3[nH]2)CC1. The van der Waals surface area contributed by atoms with Crippen molar-refractivity contribution in [2.75, 3.05) is 53.0 Å². The molecule has 0 unspecified atom stereocenters. The molecule has 0 radical (unpaired) electrons. The number of piperazine rings is 1. The number of benzene rings is 1. The average molecular weight is 423 g/mol. The minimum Gasteiger partial charge on any atom is -0.383 e. The Labute approximate surface area is 160 Å². The van der Waals surface area contributed by atoms with E-state index in [9.17, 15) is 9.59 Å². The second kappa shape index (κ2) is 8.66. The molecule has 0 spiro atoms. The van der Waals surface area contributed by atoms with Crippen LogP contribution in [0.5, 0.6) is 0 Å². The van der Waals surface area contributed by atoms with Crippen molar-refractivity contribution in [1.82, 2.24) is 20.1 Å². The predicted octanol–water partition coefficient (Wildman–Crippen LogP) is 1.45. The summed E-state index contributed by atoms with van der Waals surface area (Å²) in [5.41, 5.74) is 1.55. The lowest BCUT2D eigenvalue weighted by molar-refractivity contribution is -0.122. The lowest BCUT2D eigenvalue weighted by Crippen LogP contribution is -2.51. The number of rotatable bonds is 6. The van der Waals surface area contributed by atoms with Crippen molar-refractivity contribution in [3.8, 4) is 0 Å². The van der Waals surface area contributed by atoms with E-state index in [1.807, 2.05) is 29.2 Å². The van der Waals surface area contributed by atoms with Gasteiger partial charge in [0.05, 0.1) is 13.2 Å². The number of carbonyl (C=O) groups excluding carboxylic acids is 2. The quantitative estimate of drug-likeness (QED) is 0.690. The molecule has 1 aliphatic heterocycles. The van der Waals surface area contributed by atoms with Crippen LogP contribution in [0.25, 0.3) is 10.9 Å². The normalized spacial score (nSPS) is 15.4. The third-order valence-corrected chi connectivity index (χ3v) is 4.96. The van der Waals surface area contributed by atoms with Gasteiger partial charge in [0.2, 0.25) is 5.91 Å². The molecule has 8 heteroatoms. The Kier molecular flexibility index (Phi) is 6.29. The monoisotopic (exact) mass is 422 g/mol. The molecule has 0 bridgehead atoms. The van der Waals surface area contributed by atoms with Gasteiger partial charge in [-0.2, -0.15) is 0 Å². The summed E-state index contributed by atoms with van der Waals surface area (Å²) in [6.07, 6.45) is 0. The minimum absolute atomic E-state index is 0.00141. The summed E-state index contributed by atoms with van der Waals surface area (Å²) >= 11 is 3.45. The standard InChI is InChI=1S/C18H23BrN4O3/c1-26-9-4-20-17(24)12-22-5-7-23(8-6-22)18(25)16-11-13-10-14(19)2-3-15(13)21-16/h2-3,10-11,21H,4-9,12H2,1H3,(H,20,24). The number of hydrogen-bond donors (Lipinski definition) is 2. The summed E-state index contributed by atoms with van der Waals surface area (Å²) in [4.78, 5) is 31.7. The summed E-state index contributed by atoms with van der Waals surface area (Å²) in [6, 6.07) is 7.78. The van der Waals surface area contributed by atoms with Gasteiger partial charge in [-0.05, 0) is 24.3 Å². The fraction of sp³-hybridized carbons (Fsp3) is 0.444. The first-order valence-electron chi connectivity index (χ1n) is 8.62. The lowest BCUT2D eigenvalue weighted by Gasteiger charge is -2.34. The maximum Gasteiger partial charge on any atom is 0.270 e. The van der Waals surface area contributed by atoms with Crippen molar-refractivity contribution >= 4 is 38.6 Å². The van der Waals surface area contributed by atoms with Crippen LogP contribution in [0.15, 0.2) is 28.7 Å². The molecule has 3 rings (SSSR count). The van der Waals surface area contributed by atoms with Gasteiger partial charge in [0, 0.05) is 55.2 Å². The molecule has 0 aliphatic carbocycles. The largest absolute Gasteiger partial charge is 0.383 e. The van der Waals surface area contributed by atoms with E-state index in [0.29, 0.717) is 51.6 Å². The number of fused-ring (bicyclic) bond motifs is 1. The second-order valence-electron chi connectivity index (χ2n) is 6.33. The molecular formula is C18H23BrN4O3. The van der Waals surface area contributed by atoms with Gasteiger partial charge in [-0.3, -0.25) is 14.5 Å². The molecule has 7 nitrogen and oxygen atoms in total. The number of H-pyrrole nitrogens is 1. The van der Waals surface area contributed by atoms with Crippen LogP contribution < -0.4 is 5.32 Å². The van der Waals surface area contributed by atoms with E-state index in [2.05, 4.69) is 31.1 Å². The molecule has 0 saturated carbocycles. The van der Waals surface area contributed by atoms with Crippen LogP contribution in [-0.2, 0) is 9.53 Å². The number of halogens is 1.